The number of anilines is 2. The zero-order chi connectivity index (χ0) is 15.8. The molecule has 3 N–H and O–H groups in total. The SMILES string of the molecule is CCCN(CCO)C(=O)Nc1cc(NC(C)=O)ccc1F. The third-order valence-corrected chi connectivity index (χ3v) is 2.68. The van der Waals surface area contributed by atoms with E-state index in [2.05, 4.69) is 10.6 Å². The van der Waals surface area contributed by atoms with Crippen molar-refractivity contribution in [1.29, 1.82) is 0 Å². The molecular formula is C14H20FN3O3. The maximum absolute atomic E-state index is 13.7. The van der Waals surface area contributed by atoms with Crippen molar-refractivity contribution in [2.75, 3.05) is 30.3 Å². The van der Waals surface area contributed by atoms with Crippen LogP contribution in [-0.2, 0) is 4.79 Å². The number of hydrogen-bond donors (Lipinski definition) is 3. The van der Waals surface area contributed by atoms with E-state index in [1.54, 1.807) is 0 Å². The van der Waals surface area contributed by atoms with E-state index in [1.165, 1.54) is 24.0 Å². The van der Waals surface area contributed by atoms with Crippen LogP contribution in [0.2, 0.25) is 0 Å². The zero-order valence-electron chi connectivity index (χ0n) is 12.1. The largest absolute Gasteiger partial charge is 0.395 e. The molecule has 3 amide bonds. The van der Waals surface area contributed by atoms with Gasteiger partial charge in [-0.3, -0.25) is 4.79 Å². The quantitative estimate of drug-likeness (QED) is 0.751. The van der Waals surface area contributed by atoms with Crippen molar-refractivity contribution in [2.45, 2.75) is 20.3 Å². The number of rotatable bonds is 6. The smallest absolute Gasteiger partial charge is 0.322 e. The number of halogens is 1. The zero-order valence-corrected chi connectivity index (χ0v) is 12.1. The number of amides is 3. The lowest BCUT2D eigenvalue weighted by Gasteiger charge is -2.21. The minimum absolute atomic E-state index is 0.0229. The highest BCUT2D eigenvalue weighted by molar-refractivity contribution is 5.92. The van der Waals surface area contributed by atoms with Gasteiger partial charge in [-0.25, -0.2) is 9.18 Å². The van der Waals surface area contributed by atoms with Crippen molar-refractivity contribution in [2.24, 2.45) is 0 Å². The van der Waals surface area contributed by atoms with Crippen molar-refractivity contribution >= 4 is 23.3 Å². The average Bonchev–Trinajstić information content (AvgIpc) is 2.41. The van der Waals surface area contributed by atoms with Gasteiger partial charge < -0.3 is 20.6 Å². The van der Waals surface area contributed by atoms with E-state index in [1.807, 2.05) is 6.92 Å². The highest BCUT2D eigenvalue weighted by Crippen LogP contribution is 2.20. The first-order valence-electron chi connectivity index (χ1n) is 6.71. The fourth-order valence-electron chi connectivity index (χ4n) is 1.80. The van der Waals surface area contributed by atoms with Gasteiger partial charge in [-0.15, -0.1) is 0 Å². The Hall–Kier alpha value is -2.15. The standard InChI is InChI=1S/C14H20FN3O3/c1-3-6-18(7-8-19)14(21)17-13-9-11(16-10(2)20)4-5-12(13)15/h4-5,9,19H,3,6-8H2,1-2H3,(H,16,20)(H,17,21). The van der Waals surface area contributed by atoms with Crippen molar-refractivity contribution in [3.8, 4) is 0 Å². The van der Waals surface area contributed by atoms with Gasteiger partial charge in [0.05, 0.1) is 12.3 Å². The minimum atomic E-state index is -0.599. The van der Waals surface area contributed by atoms with Crippen LogP contribution in [0.15, 0.2) is 18.2 Å². The molecule has 7 heteroatoms. The van der Waals surface area contributed by atoms with Crippen molar-refractivity contribution < 1.29 is 19.1 Å². The van der Waals surface area contributed by atoms with Gasteiger partial charge in [0.25, 0.3) is 0 Å². The normalized spacial score (nSPS) is 10.1. The molecule has 1 aromatic carbocycles. The van der Waals surface area contributed by atoms with E-state index >= 15 is 0 Å². The summed E-state index contributed by atoms with van der Waals surface area (Å²) in [7, 11) is 0. The van der Waals surface area contributed by atoms with Gasteiger partial charge in [0.2, 0.25) is 5.91 Å². The van der Waals surface area contributed by atoms with E-state index < -0.39 is 11.8 Å². The molecule has 6 nitrogen and oxygen atoms in total. The van der Waals surface area contributed by atoms with Gasteiger partial charge >= 0.3 is 6.03 Å². The average molecular weight is 297 g/mol. The minimum Gasteiger partial charge on any atom is -0.395 e. The number of nitrogens with zero attached hydrogens (tertiary/aromatic N) is 1. The van der Waals surface area contributed by atoms with Crippen LogP contribution in [0.1, 0.15) is 20.3 Å². The number of benzene rings is 1. The van der Waals surface area contributed by atoms with Gasteiger partial charge in [0, 0.05) is 25.7 Å². The Balaban J connectivity index is 2.84. The van der Waals surface area contributed by atoms with E-state index in [0.29, 0.717) is 12.2 Å². The second-order valence-corrected chi connectivity index (χ2v) is 4.52. The molecule has 0 aromatic heterocycles. The van der Waals surface area contributed by atoms with Crippen LogP contribution >= 0.6 is 0 Å². The van der Waals surface area contributed by atoms with Crippen LogP contribution in [-0.4, -0.2) is 41.6 Å². The molecule has 0 unspecified atom stereocenters. The van der Waals surface area contributed by atoms with E-state index in [0.717, 1.165) is 12.5 Å². The lowest BCUT2D eigenvalue weighted by Crippen LogP contribution is -2.37. The van der Waals surface area contributed by atoms with Gasteiger partial charge in [-0.2, -0.15) is 0 Å². The van der Waals surface area contributed by atoms with Crippen LogP contribution in [0.25, 0.3) is 0 Å². The maximum atomic E-state index is 13.7. The molecule has 0 atom stereocenters. The predicted molar refractivity (Wildman–Crippen MR) is 78.7 cm³/mol. The highest BCUT2D eigenvalue weighted by atomic mass is 19.1. The fraction of sp³-hybridized carbons (Fsp3) is 0.429. The number of nitrogens with one attached hydrogen (secondary N) is 2. The van der Waals surface area contributed by atoms with Gasteiger partial charge in [0.15, 0.2) is 0 Å². The number of aliphatic hydroxyl groups excluding tert-OH is 1. The van der Waals surface area contributed by atoms with Crippen molar-refractivity contribution in [3.05, 3.63) is 24.0 Å². The molecule has 0 aliphatic carbocycles. The van der Waals surface area contributed by atoms with Crippen molar-refractivity contribution in [1.82, 2.24) is 4.90 Å². The second-order valence-electron chi connectivity index (χ2n) is 4.52. The molecule has 0 fully saturated rings. The lowest BCUT2D eigenvalue weighted by molar-refractivity contribution is -0.114. The summed E-state index contributed by atoms with van der Waals surface area (Å²) < 4.78 is 13.7. The first kappa shape index (κ1) is 16.9. The summed E-state index contributed by atoms with van der Waals surface area (Å²) in [5.41, 5.74) is 0.369. The topological polar surface area (TPSA) is 81.7 Å². The maximum Gasteiger partial charge on any atom is 0.322 e. The monoisotopic (exact) mass is 297 g/mol. The predicted octanol–water partition coefficient (Wildman–Crippen LogP) is 2.02. The number of aliphatic hydroxyl groups is 1. The third kappa shape index (κ3) is 5.39. The van der Waals surface area contributed by atoms with Crippen LogP contribution in [0, 0.1) is 5.82 Å². The Labute approximate surface area is 122 Å². The van der Waals surface area contributed by atoms with E-state index in [-0.39, 0.29) is 24.7 Å². The van der Waals surface area contributed by atoms with Gasteiger partial charge in [-0.05, 0) is 24.6 Å². The Morgan fingerprint density at radius 1 is 1.29 bits per heavy atom. The van der Waals surface area contributed by atoms with Crippen LogP contribution < -0.4 is 10.6 Å². The second kappa shape index (κ2) is 8.21. The Kier molecular flexibility index (Phi) is 6.61. The third-order valence-electron chi connectivity index (χ3n) is 2.68. The molecule has 116 valence electrons. The fourth-order valence-corrected chi connectivity index (χ4v) is 1.80. The van der Waals surface area contributed by atoms with Gasteiger partial charge in [-0.1, -0.05) is 6.92 Å². The summed E-state index contributed by atoms with van der Waals surface area (Å²) in [6.45, 7) is 3.70. The van der Waals surface area contributed by atoms with Gasteiger partial charge in [0.1, 0.15) is 5.82 Å². The number of urea groups is 1. The Morgan fingerprint density at radius 2 is 2.00 bits per heavy atom. The number of carbonyl (C=O) groups excluding carboxylic acids is 2. The Bertz CT molecular complexity index is 502. The molecule has 1 aromatic rings. The molecule has 0 heterocycles. The van der Waals surface area contributed by atoms with Crippen molar-refractivity contribution in [3.63, 3.8) is 0 Å². The number of hydrogen-bond acceptors (Lipinski definition) is 3. The summed E-state index contributed by atoms with van der Waals surface area (Å²) in [6, 6.07) is 3.42. The van der Waals surface area contributed by atoms with Crippen LogP contribution in [0.5, 0.6) is 0 Å². The molecule has 21 heavy (non-hydrogen) atoms. The first-order valence-corrected chi connectivity index (χ1v) is 6.71. The van der Waals surface area contributed by atoms with Crippen LogP contribution in [0.3, 0.4) is 0 Å². The Morgan fingerprint density at radius 3 is 2.57 bits per heavy atom. The van der Waals surface area contributed by atoms with Crippen LogP contribution in [0.4, 0.5) is 20.6 Å². The lowest BCUT2D eigenvalue weighted by atomic mass is 10.2. The molecule has 1 rings (SSSR count). The summed E-state index contributed by atoms with van der Waals surface area (Å²) in [6.07, 6.45) is 0.724. The molecule has 0 aliphatic rings. The highest BCUT2D eigenvalue weighted by Gasteiger charge is 2.14. The summed E-state index contributed by atoms with van der Waals surface area (Å²) in [4.78, 5) is 24.4. The van der Waals surface area contributed by atoms with E-state index in [9.17, 15) is 14.0 Å². The summed E-state index contributed by atoms with van der Waals surface area (Å²) in [5, 5.41) is 13.9. The molecule has 0 aliphatic heterocycles. The first-order chi connectivity index (χ1) is 9.97. The molecule has 0 radical (unpaired) electrons. The molecule has 0 spiro atoms. The molecule has 0 saturated carbocycles. The molecular weight excluding hydrogens is 277 g/mol. The molecule has 0 bridgehead atoms. The summed E-state index contributed by atoms with van der Waals surface area (Å²) >= 11 is 0. The van der Waals surface area contributed by atoms with E-state index in [4.69, 9.17) is 5.11 Å². The molecule has 0 saturated heterocycles. The number of carbonyl (C=O) groups is 2. The summed E-state index contributed by atoms with van der Waals surface area (Å²) in [5.74, 6) is -0.885.